The molecule has 5 heteroatoms. The van der Waals surface area contributed by atoms with E-state index in [4.69, 9.17) is 4.74 Å². The Morgan fingerprint density at radius 3 is 3.14 bits per heavy atom. The van der Waals surface area contributed by atoms with Crippen LogP contribution in [-0.2, 0) is 4.74 Å². The Balaban J connectivity index is 1.91. The Morgan fingerprint density at radius 2 is 2.50 bits per heavy atom. The summed E-state index contributed by atoms with van der Waals surface area (Å²) < 4.78 is 5.13. The van der Waals surface area contributed by atoms with Gasteiger partial charge in [0, 0.05) is 26.1 Å². The van der Waals surface area contributed by atoms with Crippen molar-refractivity contribution in [2.45, 2.75) is 18.4 Å². The summed E-state index contributed by atoms with van der Waals surface area (Å²) in [7, 11) is 0. The number of nitrogens with one attached hydrogen (secondary N) is 1. The number of nitrogens with zero attached hydrogens (tertiary/aromatic N) is 1. The highest BCUT2D eigenvalue weighted by Gasteiger charge is 2.36. The molecule has 2 N–H and O–H groups in total. The molecule has 0 spiro atoms. The van der Waals surface area contributed by atoms with Crippen LogP contribution in [0.3, 0.4) is 0 Å². The number of carbonyl (C=O) groups is 1. The number of β-amino-alcohol motifs (C(OH)–C–C–N with tert-alkyl or cyclic N) is 1. The minimum atomic E-state index is -0.825. The molecule has 0 aromatic rings. The first-order valence-corrected chi connectivity index (χ1v) is 5.03. The molecule has 5 nitrogen and oxygen atoms in total. The molecule has 0 bridgehead atoms. The van der Waals surface area contributed by atoms with Gasteiger partial charge in [-0.1, -0.05) is 0 Å². The largest absolute Gasteiger partial charge is 0.386 e. The molecule has 0 aliphatic carbocycles. The Labute approximate surface area is 83.0 Å². The smallest absolute Gasteiger partial charge is 0.317 e. The number of hydrogen-bond donors (Lipinski definition) is 2. The van der Waals surface area contributed by atoms with Crippen LogP contribution in [0.2, 0.25) is 0 Å². The number of hydrogen-bond acceptors (Lipinski definition) is 3. The van der Waals surface area contributed by atoms with Crippen molar-refractivity contribution in [3.63, 3.8) is 0 Å². The average molecular weight is 200 g/mol. The lowest BCUT2D eigenvalue weighted by molar-refractivity contribution is 0.00225. The zero-order valence-corrected chi connectivity index (χ0v) is 8.16. The molecule has 0 saturated carbocycles. The first kappa shape index (κ1) is 9.73. The third kappa shape index (κ3) is 1.99. The van der Waals surface area contributed by atoms with Gasteiger partial charge in [-0.25, -0.2) is 4.79 Å². The van der Waals surface area contributed by atoms with Crippen LogP contribution in [0.4, 0.5) is 4.79 Å². The lowest BCUT2D eigenvalue weighted by atomic mass is 10.0. The van der Waals surface area contributed by atoms with Crippen LogP contribution >= 0.6 is 0 Å². The van der Waals surface area contributed by atoms with E-state index in [1.807, 2.05) is 0 Å². The van der Waals surface area contributed by atoms with E-state index >= 15 is 0 Å². The molecular formula is C9H16N2O3. The molecule has 2 heterocycles. The van der Waals surface area contributed by atoms with Crippen LogP contribution in [0.25, 0.3) is 0 Å². The maximum atomic E-state index is 11.4. The quantitative estimate of drug-likeness (QED) is 0.635. The second kappa shape index (κ2) is 3.74. The normalized spacial score (nSPS) is 33.2. The molecule has 2 aliphatic rings. The van der Waals surface area contributed by atoms with Gasteiger partial charge in [-0.05, 0) is 6.42 Å². The van der Waals surface area contributed by atoms with Gasteiger partial charge in [-0.3, -0.25) is 0 Å². The Bertz CT molecular complexity index is 226. The summed E-state index contributed by atoms with van der Waals surface area (Å²) in [6.45, 7) is 2.79. The van der Waals surface area contributed by atoms with E-state index in [-0.39, 0.29) is 6.03 Å². The highest BCUT2D eigenvalue weighted by Crippen LogP contribution is 2.20. The molecule has 1 atom stereocenters. The van der Waals surface area contributed by atoms with E-state index < -0.39 is 5.60 Å². The maximum absolute atomic E-state index is 11.4. The third-order valence-corrected chi connectivity index (χ3v) is 2.74. The standard InChI is InChI=1S/C9H16N2O3/c12-8-10-3-1-4-11(8)6-9(13)2-5-14-7-9/h13H,1-7H2,(H,10,12). The first-order chi connectivity index (χ1) is 6.70. The summed E-state index contributed by atoms with van der Waals surface area (Å²) in [5.74, 6) is 0. The minimum absolute atomic E-state index is 0.0726. The Hall–Kier alpha value is -0.810. The van der Waals surface area contributed by atoms with Gasteiger partial charge in [0.15, 0.2) is 0 Å². The molecule has 2 saturated heterocycles. The van der Waals surface area contributed by atoms with Gasteiger partial charge < -0.3 is 20.1 Å². The fourth-order valence-electron chi connectivity index (χ4n) is 1.91. The van der Waals surface area contributed by atoms with Gasteiger partial charge in [-0.2, -0.15) is 0 Å². The van der Waals surface area contributed by atoms with E-state index in [0.717, 1.165) is 19.5 Å². The Morgan fingerprint density at radius 1 is 1.64 bits per heavy atom. The molecule has 14 heavy (non-hydrogen) atoms. The number of amides is 2. The van der Waals surface area contributed by atoms with Crippen molar-refractivity contribution in [1.82, 2.24) is 10.2 Å². The van der Waals surface area contributed by atoms with Gasteiger partial charge >= 0.3 is 6.03 Å². The van der Waals surface area contributed by atoms with Crippen LogP contribution in [0.15, 0.2) is 0 Å². The fraction of sp³-hybridized carbons (Fsp3) is 0.889. The molecule has 2 rings (SSSR count). The lowest BCUT2D eigenvalue weighted by Gasteiger charge is -2.33. The van der Waals surface area contributed by atoms with Crippen LogP contribution < -0.4 is 5.32 Å². The molecule has 1 unspecified atom stereocenters. The van der Waals surface area contributed by atoms with Crippen LogP contribution in [0.5, 0.6) is 0 Å². The summed E-state index contributed by atoms with van der Waals surface area (Å²) >= 11 is 0. The molecule has 0 aromatic carbocycles. The monoisotopic (exact) mass is 200 g/mol. The van der Waals surface area contributed by atoms with E-state index in [1.54, 1.807) is 4.90 Å². The van der Waals surface area contributed by atoms with Crippen molar-refractivity contribution in [3.05, 3.63) is 0 Å². The van der Waals surface area contributed by atoms with Crippen molar-refractivity contribution < 1.29 is 14.6 Å². The fourth-order valence-corrected chi connectivity index (χ4v) is 1.91. The van der Waals surface area contributed by atoms with Gasteiger partial charge in [0.05, 0.1) is 13.2 Å². The predicted octanol–water partition coefficient (Wildman–Crippen LogP) is -0.447. The molecule has 2 amide bonds. The van der Waals surface area contributed by atoms with E-state index in [0.29, 0.717) is 26.2 Å². The zero-order valence-electron chi connectivity index (χ0n) is 8.16. The minimum Gasteiger partial charge on any atom is -0.386 e. The number of aliphatic hydroxyl groups is 1. The molecule has 0 radical (unpaired) electrons. The third-order valence-electron chi connectivity index (χ3n) is 2.74. The Kier molecular flexibility index (Phi) is 2.60. The van der Waals surface area contributed by atoms with Gasteiger partial charge in [0.25, 0.3) is 0 Å². The maximum Gasteiger partial charge on any atom is 0.317 e. The van der Waals surface area contributed by atoms with Crippen LogP contribution in [-0.4, -0.2) is 54.5 Å². The molecular weight excluding hydrogens is 184 g/mol. The summed E-state index contributed by atoms with van der Waals surface area (Å²) in [5, 5.41) is 12.8. The number of ether oxygens (including phenoxy) is 1. The summed E-state index contributed by atoms with van der Waals surface area (Å²) in [5.41, 5.74) is -0.825. The van der Waals surface area contributed by atoms with Gasteiger partial charge in [0.1, 0.15) is 5.60 Å². The average Bonchev–Trinajstić information content (AvgIpc) is 2.57. The van der Waals surface area contributed by atoms with Gasteiger partial charge in [-0.15, -0.1) is 0 Å². The molecule has 80 valence electrons. The van der Waals surface area contributed by atoms with Crippen molar-refractivity contribution in [2.75, 3.05) is 32.8 Å². The second-order valence-corrected chi connectivity index (χ2v) is 4.03. The number of carbonyl (C=O) groups excluding carboxylic acids is 1. The molecule has 2 fully saturated rings. The summed E-state index contributed by atoms with van der Waals surface area (Å²) in [6, 6.07) is -0.0726. The molecule has 0 aromatic heterocycles. The molecule has 2 aliphatic heterocycles. The van der Waals surface area contributed by atoms with Crippen molar-refractivity contribution >= 4 is 6.03 Å². The topological polar surface area (TPSA) is 61.8 Å². The summed E-state index contributed by atoms with van der Waals surface area (Å²) in [6.07, 6.45) is 1.57. The van der Waals surface area contributed by atoms with Gasteiger partial charge in [0.2, 0.25) is 0 Å². The highest BCUT2D eigenvalue weighted by atomic mass is 16.5. The highest BCUT2D eigenvalue weighted by molar-refractivity contribution is 5.74. The summed E-state index contributed by atoms with van der Waals surface area (Å²) in [4.78, 5) is 13.1. The van der Waals surface area contributed by atoms with Crippen LogP contribution in [0.1, 0.15) is 12.8 Å². The van der Waals surface area contributed by atoms with E-state index in [9.17, 15) is 9.90 Å². The van der Waals surface area contributed by atoms with Crippen molar-refractivity contribution in [1.29, 1.82) is 0 Å². The van der Waals surface area contributed by atoms with E-state index in [2.05, 4.69) is 5.32 Å². The first-order valence-electron chi connectivity index (χ1n) is 5.03. The van der Waals surface area contributed by atoms with Crippen LogP contribution in [0, 0.1) is 0 Å². The zero-order chi connectivity index (χ0) is 10.0. The van der Waals surface area contributed by atoms with Crippen molar-refractivity contribution in [2.24, 2.45) is 0 Å². The predicted molar refractivity (Wildman–Crippen MR) is 50.0 cm³/mol. The number of urea groups is 1. The second-order valence-electron chi connectivity index (χ2n) is 4.03. The SMILES string of the molecule is O=C1NCCCN1CC1(O)CCOC1. The lowest BCUT2D eigenvalue weighted by Crippen LogP contribution is -2.53. The van der Waals surface area contributed by atoms with Crippen molar-refractivity contribution in [3.8, 4) is 0 Å². The number of rotatable bonds is 2. The van der Waals surface area contributed by atoms with E-state index in [1.165, 1.54) is 0 Å².